The first kappa shape index (κ1) is 11.0. The summed E-state index contributed by atoms with van der Waals surface area (Å²) in [7, 11) is 0. The van der Waals surface area contributed by atoms with Crippen molar-refractivity contribution < 1.29 is 14.6 Å². The van der Waals surface area contributed by atoms with Crippen LogP contribution in [0.15, 0.2) is 22.7 Å². The quantitative estimate of drug-likeness (QED) is 0.841. The van der Waals surface area contributed by atoms with Crippen LogP contribution in [0.3, 0.4) is 0 Å². The van der Waals surface area contributed by atoms with Gasteiger partial charge in [0.05, 0.1) is 11.1 Å². The van der Waals surface area contributed by atoms with Crippen LogP contribution in [0.25, 0.3) is 0 Å². The molecule has 1 rings (SSSR count). The number of hydrogen-bond donors (Lipinski definition) is 2. The molecule has 0 bridgehead atoms. The number of carbonyl (C=O) groups is 1. The topological polar surface area (TPSA) is 72.6 Å². The Labute approximate surface area is 89.8 Å². The van der Waals surface area contributed by atoms with Crippen molar-refractivity contribution in [2.45, 2.75) is 6.61 Å². The number of benzene rings is 1. The number of carbonyl (C=O) groups excluding carboxylic acids is 1. The zero-order chi connectivity index (χ0) is 10.6. The van der Waals surface area contributed by atoms with Crippen molar-refractivity contribution in [2.75, 3.05) is 6.61 Å². The van der Waals surface area contributed by atoms with E-state index in [0.29, 0.717) is 15.8 Å². The molecule has 0 atom stereocenters. The van der Waals surface area contributed by atoms with Gasteiger partial charge in [0.15, 0.2) is 6.61 Å². The summed E-state index contributed by atoms with van der Waals surface area (Å²) in [5.74, 6) is -0.0987. The van der Waals surface area contributed by atoms with E-state index in [-0.39, 0.29) is 13.2 Å². The molecule has 1 amide bonds. The molecule has 0 unspecified atom stereocenters. The average molecular weight is 260 g/mol. The summed E-state index contributed by atoms with van der Waals surface area (Å²) in [6, 6.07) is 5.24. The highest BCUT2D eigenvalue weighted by Crippen LogP contribution is 2.28. The van der Waals surface area contributed by atoms with E-state index in [4.69, 9.17) is 15.6 Å². The molecule has 5 heteroatoms. The lowest BCUT2D eigenvalue weighted by Crippen LogP contribution is -2.20. The maximum absolute atomic E-state index is 10.5. The Morgan fingerprint density at radius 3 is 2.86 bits per heavy atom. The standard InChI is InChI=1S/C9H10BrNO3/c10-7-3-1-2-6(4-12)9(7)14-5-8(11)13/h1-3,12H,4-5H2,(H2,11,13). The third kappa shape index (κ3) is 2.71. The molecular formula is C9H10BrNO3. The van der Waals surface area contributed by atoms with Gasteiger partial charge in [0, 0.05) is 5.56 Å². The second-order valence-electron chi connectivity index (χ2n) is 2.64. The van der Waals surface area contributed by atoms with E-state index in [1.165, 1.54) is 0 Å². The van der Waals surface area contributed by atoms with Crippen LogP contribution < -0.4 is 10.5 Å². The van der Waals surface area contributed by atoms with Gasteiger partial charge in [-0.3, -0.25) is 4.79 Å². The fourth-order valence-corrected chi connectivity index (χ4v) is 1.50. The van der Waals surface area contributed by atoms with Crippen LogP contribution in [0, 0.1) is 0 Å². The summed E-state index contributed by atoms with van der Waals surface area (Å²) in [5.41, 5.74) is 5.55. The Bertz CT molecular complexity index is 341. The Kier molecular flexibility index (Phi) is 3.91. The molecule has 0 aliphatic heterocycles. The number of rotatable bonds is 4. The molecule has 0 fully saturated rings. The number of amides is 1. The number of aliphatic hydroxyl groups is 1. The van der Waals surface area contributed by atoms with Crippen molar-refractivity contribution in [1.82, 2.24) is 0 Å². The predicted octanol–water partition coefficient (Wildman–Crippen LogP) is 0.805. The highest BCUT2D eigenvalue weighted by Gasteiger charge is 2.07. The highest BCUT2D eigenvalue weighted by molar-refractivity contribution is 9.10. The largest absolute Gasteiger partial charge is 0.482 e. The summed E-state index contributed by atoms with van der Waals surface area (Å²) >= 11 is 3.25. The van der Waals surface area contributed by atoms with Gasteiger partial charge >= 0.3 is 0 Å². The van der Waals surface area contributed by atoms with E-state index in [1.807, 2.05) is 0 Å². The normalized spacial score (nSPS) is 9.86. The van der Waals surface area contributed by atoms with Crippen LogP contribution in [0.4, 0.5) is 0 Å². The molecule has 4 nitrogen and oxygen atoms in total. The number of hydrogen-bond acceptors (Lipinski definition) is 3. The molecule has 0 heterocycles. The van der Waals surface area contributed by atoms with Crippen molar-refractivity contribution >= 4 is 21.8 Å². The Balaban J connectivity index is 2.87. The molecule has 0 spiro atoms. The monoisotopic (exact) mass is 259 g/mol. The lowest BCUT2D eigenvalue weighted by Gasteiger charge is -2.09. The van der Waals surface area contributed by atoms with Crippen molar-refractivity contribution in [2.24, 2.45) is 5.73 Å². The first-order valence-corrected chi connectivity index (χ1v) is 4.73. The van der Waals surface area contributed by atoms with Gasteiger partial charge in [0.25, 0.3) is 5.91 Å². The number of ether oxygens (including phenoxy) is 1. The summed E-state index contributed by atoms with van der Waals surface area (Å²) in [4.78, 5) is 10.5. The number of nitrogens with two attached hydrogens (primary N) is 1. The number of primary amides is 1. The van der Waals surface area contributed by atoms with Crippen LogP contribution in [-0.4, -0.2) is 17.6 Å². The van der Waals surface area contributed by atoms with Gasteiger partial charge in [0.2, 0.25) is 0 Å². The summed E-state index contributed by atoms with van der Waals surface area (Å²) in [6.07, 6.45) is 0. The van der Waals surface area contributed by atoms with E-state index < -0.39 is 5.91 Å². The lowest BCUT2D eigenvalue weighted by molar-refractivity contribution is -0.119. The molecule has 0 aliphatic carbocycles. The third-order valence-electron chi connectivity index (χ3n) is 1.58. The molecule has 0 aromatic heterocycles. The molecule has 0 aliphatic rings. The van der Waals surface area contributed by atoms with E-state index in [1.54, 1.807) is 18.2 Å². The third-order valence-corrected chi connectivity index (χ3v) is 2.20. The molecule has 0 saturated carbocycles. The highest BCUT2D eigenvalue weighted by atomic mass is 79.9. The maximum atomic E-state index is 10.5. The Morgan fingerprint density at radius 1 is 1.57 bits per heavy atom. The van der Waals surface area contributed by atoms with Gasteiger partial charge in [-0.1, -0.05) is 12.1 Å². The van der Waals surface area contributed by atoms with Gasteiger partial charge in [-0.2, -0.15) is 0 Å². The van der Waals surface area contributed by atoms with E-state index in [9.17, 15) is 4.79 Å². The zero-order valence-electron chi connectivity index (χ0n) is 7.37. The zero-order valence-corrected chi connectivity index (χ0v) is 8.95. The summed E-state index contributed by atoms with van der Waals surface area (Å²) in [6.45, 7) is -0.344. The van der Waals surface area contributed by atoms with Crippen molar-refractivity contribution in [1.29, 1.82) is 0 Å². The van der Waals surface area contributed by atoms with Gasteiger partial charge in [-0.15, -0.1) is 0 Å². The first-order valence-electron chi connectivity index (χ1n) is 3.94. The maximum Gasteiger partial charge on any atom is 0.255 e. The number of halogens is 1. The molecule has 1 aromatic carbocycles. The van der Waals surface area contributed by atoms with Gasteiger partial charge in [-0.05, 0) is 22.0 Å². The van der Waals surface area contributed by atoms with Crippen molar-refractivity contribution in [3.8, 4) is 5.75 Å². The first-order chi connectivity index (χ1) is 6.65. The Hall–Kier alpha value is -1.07. The SMILES string of the molecule is NC(=O)COc1c(Br)cccc1CO. The molecular weight excluding hydrogens is 250 g/mol. The van der Waals surface area contributed by atoms with E-state index in [0.717, 1.165) is 0 Å². The fourth-order valence-electron chi connectivity index (χ4n) is 0.983. The van der Waals surface area contributed by atoms with Crippen molar-refractivity contribution in [3.05, 3.63) is 28.2 Å². The second kappa shape index (κ2) is 4.97. The minimum Gasteiger partial charge on any atom is -0.482 e. The number of aliphatic hydroxyl groups excluding tert-OH is 1. The molecule has 0 radical (unpaired) electrons. The molecule has 1 aromatic rings. The summed E-state index contributed by atoms with van der Waals surface area (Å²) < 4.78 is 5.82. The summed E-state index contributed by atoms with van der Waals surface area (Å²) in [5, 5.41) is 8.99. The van der Waals surface area contributed by atoms with Gasteiger partial charge < -0.3 is 15.6 Å². The molecule has 0 saturated heterocycles. The van der Waals surface area contributed by atoms with Crippen LogP contribution >= 0.6 is 15.9 Å². The number of para-hydroxylation sites is 1. The predicted molar refractivity (Wildman–Crippen MR) is 54.8 cm³/mol. The van der Waals surface area contributed by atoms with Gasteiger partial charge in [-0.25, -0.2) is 0 Å². The Morgan fingerprint density at radius 2 is 2.29 bits per heavy atom. The fraction of sp³-hybridized carbons (Fsp3) is 0.222. The lowest BCUT2D eigenvalue weighted by atomic mass is 10.2. The van der Waals surface area contributed by atoms with Crippen molar-refractivity contribution in [3.63, 3.8) is 0 Å². The van der Waals surface area contributed by atoms with Crippen LogP contribution in [-0.2, 0) is 11.4 Å². The minimum atomic E-state index is -0.551. The van der Waals surface area contributed by atoms with E-state index in [2.05, 4.69) is 15.9 Å². The second-order valence-corrected chi connectivity index (χ2v) is 3.50. The molecule has 14 heavy (non-hydrogen) atoms. The van der Waals surface area contributed by atoms with Crippen LogP contribution in [0.5, 0.6) is 5.75 Å². The van der Waals surface area contributed by atoms with E-state index >= 15 is 0 Å². The smallest absolute Gasteiger partial charge is 0.255 e. The minimum absolute atomic E-state index is 0.145. The molecule has 76 valence electrons. The van der Waals surface area contributed by atoms with Crippen LogP contribution in [0.1, 0.15) is 5.56 Å². The van der Waals surface area contributed by atoms with Crippen LogP contribution in [0.2, 0.25) is 0 Å². The average Bonchev–Trinajstić information content (AvgIpc) is 2.15. The van der Waals surface area contributed by atoms with Gasteiger partial charge in [0.1, 0.15) is 5.75 Å². The molecule has 3 N–H and O–H groups in total.